The molecule has 2 N–H and O–H groups in total. The van der Waals surface area contributed by atoms with Crippen molar-refractivity contribution in [2.45, 2.75) is 13.8 Å². The van der Waals surface area contributed by atoms with Crippen LogP contribution in [0.3, 0.4) is 0 Å². The Bertz CT molecular complexity index is 661. The summed E-state index contributed by atoms with van der Waals surface area (Å²) < 4.78 is 1.58. The normalized spacial score (nSPS) is 10.2. The smallest absolute Gasteiger partial charge is 0.308 e. The third-order valence-electron chi connectivity index (χ3n) is 2.77. The molecule has 0 spiro atoms. The second kappa shape index (κ2) is 5.56. The Morgan fingerprint density at radius 3 is 2.55 bits per heavy atom. The van der Waals surface area contributed by atoms with Crippen molar-refractivity contribution in [3.63, 3.8) is 0 Å². The molecule has 1 heterocycles. The molecule has 0 aliphatic carbocycles. The monoisotopic (exact) mass is 272 g/mol. The number of rotatable bonds is 3. The van der Waals surface area contributed by atoms with Crippen molar-refractivity contribution in [2.24, 2.45) is 7.05 Å². The first-order chi connectivity index (χ1) is 9.45. The SMILES string of the molecule is CC(=O)c1cccc(NC(=O)Nc2cc(C)nn2C)c1. The lowest BCUT2D eigenvalue weighted by Crippen LogP contribution is -2.21. The van der Waals surface area contributed by atoms with Crippen LogP contribution in [0.1, 0.15) is 23.0 Å². The summed E-state index contributed by atoms with van der Waals surface area (Å²) in [5, 5.41) is 9.51. The molecular formula is C14H16N4O2. The molecule has 0 saturated heterocycles. The summed E-state index contributed by atoms with van der Waals surface area (Å²) in [4.78, 5) is 23.2. The maximum atomic E-state index is 11.9. The molecule has 20 heavy (non-hydrogen) atoms. The van der Waals surface area contributed by atoms with Gasteiger partial charge < -0.3 is 5.32 Å². The second-order valence-electron chi connectivity index (χ2n) is 4.51. The molecule has 0 atom stereocenters. The summed E-state index contributed by atoms with van der Waals surface area (Å²) in [6.07, 6.45) is 0. The minimum Gasteiger partial charge on any atom is -0.308 e. The van der Waals surface area contributed by atoms with E-state index in [4.69, 9.17) is 0 Å². The number of ketones is 1. The number of hydrogen-bond acceptors (Lipinski definition) is 3. The Morgan fingerprint density at radius 2 is 1.95 bits per heavy atom. The lowest BCUT2D eigenvalue weighted by Gasteiger charge is -2.08. The summed E-state index contributed by atoms with van der Waals surface area (Å²) >= 11 is 0. The first-order valence-corrected chi connectivity index (χ1v) is 6.15. The fraction of sp³-hybridized carbons (Fsp3) is 0.214. The van der Waals surface area contributed by atoms with Crippen molar-refractivity contribution < 1.29 is 9.59 Å². The topological polar surface area (TPSA) is 76.0 Å². The molecule has 0 aliphatic heterocycles. The van der Waals surface area contributed by atoms with Crippen molar-refractivity contribution >= 4 is 23.3 Å². The number of nitrogens with zero attached hydrogens (tertiary/aromatic N) is 2. The highest BCUT2D eigenvalue weighted by Gasteiger charge is 2.08. The number of benzene rings is 1. The van der Waals surface area contributed by atoms with E-state index in [1.165, 1.54) is 6.92 Å². The van der Waals surface area contributed by atoms with Gasteiger partial charge in [0, 0.05) is 24.4 Å². The zero-order chi connectivity index (χ0) is 14.7. The molecule has 2 amide bonds. The second-order valence-corrected chi connectivity index (χ2v) is 4.51. The number of aromatic nitrogens is 2. The van der Waals surface area contributed by atoms with Crippen molar-refractivity contribution in [2.75, 3.05) is 10.6 Å². The van der Waals surface area contributed by atoms with E-state index in [0.29, 0.717) is 17.1 Å². The molecule has 0 fully saturated rings. The molecule has 6 heteroatoms. The molecule has 0 saturated carbocycles. The first-order valence-electron chi connectivity index (χ1n) is 6.15. The van der Waals surface area contributed by atoms with E-state index >= 15 is 0 Å². The van der Waals surface area contributed by atoms with Crippen molar-refractivity contribution in [3.8, 4) is 0 Å². The van der Waals surface area contributed by atoms with Crippen LogP contribution in [0.5, 0.6) is 0 Å². The number of hydrogen-bond donors (Lipinski definition) is 2. The average Bonchev–Trinajstić information content (AvgIpc) is 2.67. The Kier molecular flexibility index (Phi) is 3.84. The van der Waals surface area contributed by atoms with Crippen molar-refractivity contribution in [1.29, 1.82) is 0 Å². The minimum absolute atomic E-state index is 0.0451. The molecule has 1 aromatic carbocycles. The Labute approximate surface area is 116 Å². The zero-order valence-electron chi connectivity index (χ0n) is 11.6. The maximum absolute atomic E-state index is 11.9. The van der Waals surface area contributed by atoms with Gasteiger partial charge in [-0.3, -0.25) is 14.8 Å². The van der Waals surface area contributed by atoms with Gasteiger partial charge in [-0.25, -0.2) is 4.79 Å². The molecule has 0 aliphatic rings. The fourth-order valence-corrected chi connectivity index (χ4v) is 1.82. The maximum Gasteiger partial charge on any atom is 0.324 e. The molecular weight excluding hydrogens is 256 g/mol. The van der Waals surface area contributed by atoms with Crippen LogP contribution < -0.4 is 10.6 Å². The van der Waals surface area contributed by atoms with Crippen molar-refractivity contribution in [3.05, 3.63) is 41.6 Å². The Morgan fingerprint density at radius 1 is 1.20 bits per heavy atom. The van der Waals surface area contributed by atoms with E-state index in [2.05, 4.69) is 15.7 Å². The molecule has 6 nitrogen and oxygen atoms in total. The van der Waals surface area contributed by atoms with E-state index < -0.39 is 0 Å². The van der Waals surface area contributed by atoms with Crippen LogP contribution >= 0.6 is 0 Å². The van der Waals surface area contributed by atoms with Crippen LogP contribution in [-0.4, -0.2) is 21.6 Å². The quantitative estimate of drug-likeness (QED) is 0.843. The van der Waals surface area contributed by atoms with E-state index in [1.54, 1.807) is 42.1 Å². The number of nitrogens with one attached hydrogen (secondary N) is 2. The molecule has 0 bridgehead atoms. The highest BCUT2D eigenvalue weighted by Crippen LogP contribution is 2.13. The zero-order valence-corrected chi connectivity index (χ0v) is 11.6. The summed E-state index contributed by atoms with van der Waals surface area (Å²) in [5.41, 5.74) is 1.94. The van der Waals surface area contributed by atoms with Gasteiger partial charge in [0.25, 0.3) is 0 Å². The predicted octanol–water partition coefficient (Wildman–Crippen LogP) is 2.58. The molecule has 1 aromatic heterocycles. The Hall–Kier alpha value is -2.63. The van der Waals surface area contributed by atoms with Gasteiger partial charge in [0.05, 0.1) is 5.69 Å². The number of urea groups is 1. The third-order valence-corrected chi connectivity index (χ3v) is 2.77. The fourth-order valence-electron chi connectivity index (χ4n) is 1.82. The number of carbonyl (C=O) groups excluding carboxylic acids is 2. The third kappa shape index (κ3) is 3.23. The van der Waals surface area contributed by atoms with E-state index in [-0.39, 0.29) is 11.8 Å². The number of amides is 2. The first kappa shape index (κ1) is 13.8. The van der Waals surface area contributed by atoms with Gasteiger partial charge >= 0.3 is 6.03 Å². The van der Waals surface area contributed by atoms with Crippen LogP contribution in [0, 0.1) is 6.92 Å². The molecule has 0 radical (unpaired) electrons. The van der Waals surface area contributed by atoms with E-state index in [0.717, 1.165) is 5.69 Å². The van der Waals surface area contributed by atoms with E-state index in [9.17, 15) is 9.59 Å². The highest BCUT2D eigenvalue weighted by molar-refractivity contribution is 6.01. The molecule has 104 valence electrons. The molecule has 2 rings (SSSR count). The molecule has 0 unspecified atom stereocenters. The largest absolute Gasteiger partial charge is 0.324 e. The van der Waals surface area contributed by atoms with Gasteiger partial charge in [-0.2, -0.15) is 5.10 Å². The van der Waals surface area contributed by atoms with Gasteiger partial charge in [0.2, 0.25) is 0 Å². The highest BCUT2D eigenvalue weighted by atomic mass is 16.2. The van der Waals surface area contributed by atoms with Gasteiger partial charge in [-0.05, 0) is 26.0 Å². The number of carbonyl (C=O) groups is 2. The lowest BCUT2D eigenvalue weighted by atomic mass is 10.1. The number of anilines is 2. The minimum atomic E-state index is -0.381. The number of Topliss-reactive ketones (excluding diaryl/α,β-unsaturated/α-hetero) is 1. The standard InChI is InChI=1S/C14H16N4O2/c1-9-7-13(18(3)17-9)16-14(20)15-12-6-4-5-11(8-12)10(2)19/h4-8H,1-3H3,(H2,15,16,20). The van der Waals surface area contributed by atoms with Crippen LogP contribution in [0.4, 0.5) is 16.3 Å². The number of aryl methyl sites for hydroxylation is 2. The van der Waals surface area contributed by atoms with Crippen LogP contribution in [-0.2, 0) is 7.05 Å². The summed E-state index contributed by atoms with van der Waals surface area (Å²) in [6, 6.07) is 8.17. The van der Waals surface area contributed by atoms with Crippen LogP contribution in [0.2, 0.25) is 0 Å². The molecule has 2 aromatic rings. The summed E-state index contributed by atoms with van der Waals surface area (Å²) in [7, 11) is 1.75. The lowest BCUT2D eigenvalue weighted by molar-refractivity contribution is 0.101. The van der Waals surface area contributed by atoms with Crippen LogP contribution in [0.15, 0.2) is 30.3 Å². The predicted molar refractivity (Wildman–Crippen MR) is 77.0 cm³/mol. The Balaban J connectivity index is 2.06. The van der Waals surface area contributed by atoms with Gasteiger partial charge in [0.1, 0.15) is 5.82 Å². The van der Waals surface area contributed by atoms with Crippen LogP contribution in [0.25, 0.3) is 0 Å². The summed E-state index contributed by atoms with van der Waals surface area (Å²) in [6.45, 7) is 3.33. The van der Waals surface area contributed by atoms with Gasteiger partial charge in [-0.1, -0.05) is 12.1 Å². The van der Waals surface area contributed by atoms with Crippen molar-refractivity contribution in [1.82, 2.24) is 9.78 Å². The summed E-state index contributed by atoms with van der Waals surface area (Å²) in [5.74, 6) is 0.555. The van der Waals surface area contributed by atoms with Gasteiger partial charge in [-0.15, -0.1) is 0 Å². The average molecular weight is 272 g/mol. The van der Waals surface area contributed by atoms with E-state index in [1.807, 2.05) is 6.92 Å². The van der Waals surface area contributed by atoms with Gasteiger partial charge in [0.15, 0.2) is 5.78 Å².